The molecule has 3 aromatic rings. The third kappa shape index (κ3) is 6.32. The molecule has 0 aromatic heterocycles. The number of carbonyl (C=O) groups is 1. The first-order valence-electron chi connectivity index (χ1n) is 9.76. The summed E-state index contributed by atoms with van der Waals surface area (Å²) in [6.45, 7) is 3.02. The Balaban J connectivity index is 1.50. The molecular weight excluding hydrogens is 396 g/mol. The third-order valence-corrected chi connectivity index (χ3v) is 4.49. The van der Waals surface area contributed by atoms with Crippen LogP contribution in [-0.2, 0) is 6.42 Å². The molecule has 0 saturated carbocycles. The second-order valence-corrected chi connectivity index (χ2v) is 6.85. The lowest BCUT2D eigenvalue weighted by Crippen LogP contribution is -2.34. The lowest BCUT2D eigenvalue weighted by molar-refractivity contribution is 0.0977. The van der Waals surface area contributed by atoms with E-state index in [2.05, 4.69) is 22.8 Å². The highest BCUT2D eigenvalue weighted by molar-refractivity contribution is 7.80. The molecule has 0 aliphatic rings. The standard InChI is InChI=1S/C24H24N2O3S/c1-2-28-22-11-7-6-10-21(22)25-24(30)26-23(27)19-12-14-20(15-13-19)29-17-16-18-8-4-3-5-9-18/h3-15H,2,16-17H2,1H3,(H2,25,26,27,30). The fourth-order valence-electron chi connectivity index (χ4n) is 2.81. The van der Waals surface area contributed by atoms with Gasteiger partial charge in [0, 0.05) is 12.0 Å². The first-order chi connectivity index (χ1) is 14.7. The number of carbonyl (C=O) groups excluding carboxylic acids is 1. The molecule has 0 heterocycles. The SMILES string of the molecule is CCOc1ccccc1NC(=S)NC(=O)c1ccc(OCCc2ccccc2)cc1. The third-order valence-electron chi connectivity index (χ3n) is 4.28. The molecule has 154 valence electrons. The van der Waals surface area contributed by atoms with E-state index in [1.54, 1.807) is 24.3 Å². The van der Waals surface area contributed by atoms with E-state index in [1.165, 1.54) is 5.56 Å². The summed E-state index contributed by atoms with van der Waals surface area (Å²) in [6, 6.07) is 24.6. The molecule has 0 fully saturated rings. The van der Waals surface area contributed by atoms with Crippen LogP contribution < -0.4 is 20.1 Å². The number of ether oxygens (including phenoxy) is 2. The van der Waals surface area contributed by atoms with Gasteiger partial charge in [-0.1, -0.05) is 42.5 Å². The molecule has 0 atom stereocenters. The summed E-state index contributed by atoms with van der Waals surface area (Å²) in [5.41, 5.74) is 2.42. The van der Waals surface area contributed by atoms with Crippen LogP contribution in [0.5, 0.6) is 11.5 Å². The van der Waals surface area contributed by atoms with E-state index in [0.717, 1.165) is 6.42 Å². The number of amides is 1. The molecule has 0 aliphatic heterocycles. The van der Waals surface area contributed by atoms with Crippen LogP contribution in [0.15, 0.2) is 78.9 Å². The van der Waals surface area contributed by atoms with E-state index in [4.69, 9.17) is 21.7 Å². The Kier molecular flexibility index (Phi) is 7.80. The van der Waals surface area contributed by atoms with Gasteiger partial charge < -0.3 is 14.8 Å². The van der Waals surface area contributed by atoms with Crippen molar-refractivity contribution < 1.29 is 14.3 Å². The van der Waals surface area contributed by atoms with E-state index in [-0.39, 0.29) is 11.0 Å². The van der Waals surface area contributed by atoms with Crippen LogP contribution in [0.3, 0.4) is 0 Å². The second-order valence-electron chi connectivity index (χ2n) is 6.45. The lowest BCUT2D eigenvalue weighted by atomic mass is 10.2. The van der Waals surface area contributed by atoms with Gasteiger partial charge in [-0.25, -0.2) is 0 Å². The summed E-state index contributed by atoms with van der Waals surface area (Å²) in [4.78, 5) is 12.5. The zero-order valence-corrected chi connectivity index (χ0v) is 17.6. The maximum atomic E-state index is 12.5. The minimum atomic E-state index is -0.294. The van der Waals surface area contributed by atoms with Crippen LogP contribution >= 0.6 is 12.2 Å². The van der Waals surface area contributed by atoms with Gasteiger partial charge in [0.2, 0.25) is 0 Å². The van der Waals surface area contributed by atoms with Crippen LogP contribution in [0, 0.1) is 0 Å². The molecule has 6 heteroatoms. The zero-order chi connectivity index (χ0) is 21.2. The quantitative estimate of drug-likeness (QED) is 0.511. The summed E-state index contributed by atoms with van der Waals surface area (Å²) < 4.78 is 11.3. The van der Waals surface area contributed by atoms with Gasteiger partial charge in [0.15, 0.2) is 5.11 Å². The average molecular weight is 421 g/mol. The second kappa shape index (κ2) is 11.0. The lowest BCUT2D eigenvalue weighted by Gasteiger charge is -2.13. The van der Waals surface area contributed by atoms with E-state index in [1.807, 2.05) is 49.4 Å². The Bertz CT molecular complexity index is 975. The Hall–Kier alpha value is -3.38. The van der Waals surface area contributed by atoms with Crippen molar-refractivity contribution in [1.29, 1.82) is 0 Å². The first-order valence-corrected chi connectivity index (χ1v) is 10.2. The van der Waals surface area contributed by atoms with Crippen molar-refractivity contribution >= 4 is 28.9 Å². The predicted octanol–water partition coefficient (Wildman–Crippen LogP) is 4.83. The van der Waals surface area contributed by atoms with Gasteiger partial charge in [-0.05, 0) is 61.1 Å². The Labute approximate surface area is 182 Å². The molecule has 30 heavy (non-hydrogen) atoms. The number of benzene rings is 3. The van der Waals surface area contributed by atoms with Crippen molar-refractivity contribution in [1.82, 2.24) is 5.32 Å². The normalized spacial score (nSPS) is 10.2. The highest BCUT2D eigenvalue weighted by Crippen LogP contribution is 2.23. The number of nitrogens with one attached hydrogen (secondary N) is 2. The highest BCUT2D eigenvalue weighted by atomic mass is 32.1. The number of hydrogen-bond acceptors (Lipinski definition) is 4. The van der Waals surface area contributed by atoms with E-state index < -0.39 is 0 Å². The summed E-state index contributed by atoms with van der Waals surface area (Å²) in [5, 5.41) is 5.89. The smallest absolute Gasteiger partial charge is 0.257 e. The van der Waals surface area contributed by atoms with Gasteiger partial charge >= 0.3 is 0 Å². The molecule has 0 unspecified atom stereocenters. The summed E-state index contributed by atoms with van der Waals surface area (Å²) in [5.74, 6) is 1.10. The molecule has 0 aliphatic carbocycles. The van der Waals surface area contributed by atoms with Crippen molar-refractivity contribution in [3.63, 3.8) is 0 Å². The van der Waals surface area contributed by atoms with Gasteiger partial charge in [-0.3, -0.25) is 10.1 Å². The molecule has 0 bridgehead atoms. The fourth-order valence-corrected chi connectivity index (χ4v) is 3.02. The van der Waals surface area contributed by atoms with E-state index in [0.29, 0.717) is 36.0 Å². The van der Waals surface area contributed by atoms with Crippen LogP contribution in [0.2, 0.25) is 0 Å². The van der Waals surface area contributed by atoms with Crippen molar-refractivity contribution in [2.24, 2.45) is 0 Å². The Morgan fingerprint density at radius 2 is 1.60 bits per heavy atom. The maximum absolute atomic E-state index is 12.5. The molecule has 3 aromatic carbocycles. The van der Waals surface area contributed by atoms with Crippen molar-refractivity contribution in [3.05, 3.63) is 90.0 Å². The van der Waals surface area contributed by atoms with Gasteiger partial charge in [-0.15, -0.1) is 0 Å². The Morgan fingerprint density at radius 1 is 0.900 bits per heavy atom. The number of thiocarbonyl (C=S) groups is 1. The molecule has 2 N–H and O–H groups in total. The number of anilines is 1. The summed E-state index contributed by atoms with van der Waals surface area (Å²) in [7, 11) is 0. The maximum Gasteiger partial charge on any atom is 0.257 e. The fraction of sp³-hybridized carbons (Fsp3) is 0.167. The molecule has 3 rings (SSSR count). The van der Waals surface area contributed by atoms with E-state index in [9.17, 15) is 4.79 Å². The van der Waals surface area contributed by atoms with Crippen molar-refractivity contribution in [3.8, 4) is 11.5 Å². The minimum absolute atomic E-state index is 0.204. The van der Waals surface area contributed by atoms with Crippen LogP contribution in [0.4, 0.5) is 5.69 Å². The molecular formula is C24H24N2O3S. The van der Waals surface area contributed by atoms with E-state index >= 15 is 0 Å². The van der Waals surface area contributed by atoms with Crippen molar-refractivity contribution in [2.45, 2.75) is 13.3 Å². The van der Waals surface area contributed by atoms with Crippen molar-refractivity contribution in [2.75, 3.05) is 18.5 Å². The largest absolute Gasteiger partial charge is 0.493 e. The van der Waals surface area contributed by atoms with Crippen LogP contribution in [-0.4, -0.2) is 24.2 Å². The first kappa shape index (κ1) is 21.3. The molecule has 0 radical (unpaired) electrons. The topological polar surface area (TPSA) is 59.6 Å². The zero-order valence-electron chi connectivity index (χ0n) is 16.8. The number of rotatable bonds is 8. The minimum Gasteiger partial charge on any atom is -0.493 e. The van der Waals surface area contributed by atoms with Gasteiger partial charge in [0.05, 0.1) is 18.9 Å². The highest BCUT2D eigenvalue weighted by Gasteiger charge is 2.10. The molecule has 0 spiro atoms. The average Bonchev–Trinajstić information content (AvgIpc) is 2.76. The van der Waals surface area contributed by atoms with Gasteiger partial charge in [0.1, 0.15) is 11.5 Å². The molecule has 0 saturated heterocycles. The van der Waals surface area contributed by atoms with Crippen LogP contribution in [0.1, 0.15) is 22.8 Å². The van der Waals surface area contributed by atoms with Gasteiger partial charge in [0.25, 0.3) is 5.91 Å². The van der Waals surface area contributed by atoms with Crippen LogP contribution in [0.25, 0.3) is 0 Å². The predicted molar refractivity (Wildman–Crippen MR) is 123 cm³/mol. The monoisotopic (exact) mass is 420 g/mol. The van der Waals surface area contributed by atoms with Gasteiger partial charge in [-0.2, -0.15) is 0 Å². The molecule has 5 nitrogen and oxygen atoms in total. The number of para-hydroxylation sites is 2. The Morgan fingerprint density at radius 3 is 2.33 bits per heavy atom. The molecule has 1 amide bonds. The summed E-state index contributed by atoms with van der Waals surface area (Å²) >= 11 is 5.26. The summed E-state index contributed by atoms with van der Waals surface area (Å²) in [6.07, 6.45) is 0.826. The number of hydrogen-bond donors (Lipinski definition) is 2.